The number of pyridine rings is 1. The lowest BCUT2D eigenvalue weighted by molar-refractivity contribution is -0.144. The number of hydrogen-bond acceptors (Lipinski definition) is 7. The number of nitrogens with zero attached hydrogens (tertiary/aromatic N) is 6. The maximum Gasteiger partial charge on any atom is 0.408 e. The minimum atomic E-state index is -4.66. The molecular weight excluding hydrogens is 521 g/mol. The van der Waals surface area contributed by atoms with Crippen molar-refractivity contribution in [3.63, 3.8) is 0 Å². The molecule has 0 amide bonds. The van der Waals surface area contributed by atoms with Gasteiger partial charge in [0, 0.05) is 23.6 Å². The van der Waals surface area contributed by atoms with Crippen LogP contribution in [0.4, 0.5) is 24.8 Å². The first kappa shape index (κ1) is 26.0. The van der Waals surface area contributed by atoms with Gasteiger partial charge in [0.1, 0.15) is 11.9 Å². The first-order valence-corrected chi connectivity index (χ1v) is 13.1. The SMILES string of the molecule is CC1(C)NCCc2cc(Nc3ncc4c(=O)n(CC(F)(F)F)n(-c5ccnc(C6(C#N)CCC6)c5)c4n3)ccc21. The van der Waals surface area contributed by atoms with Gasteiger partial charge in [0.05, 0.1) is 22.9 Å². The maximum atomic E-state index is 13.6. The van der Waals surface area contributed by atoms with Crippen LogP contribution in [-0.2, 0) is 23.9 Å². The van der Waals surface area contributed by atoms with E-state index in [0.29, 0.717) is 23.2 Å². The molecule has 3 aromatic heterocycles. The molecule has 0 unspecified atom stereocenters. The Morgan fingerprint density at radius 2 is 1.98 bits per heavy atom. The third kappa shape index (κ3) is 4.40. The minimum Gasteiger partial charge on any atom is -0.324 e. The smallest absolute Gasteiger partial charge is 0.324 e. The molecule has 6 rings (SSSR count). The van der Waals surface area contributed by atoms with E-state index in [0.717, 1.165) is 29.8 Å². The lowest BCUT2D eigenvalue weighted by Crippen LogP contribution is -2.42. The quantitative estimate of drug-likeness (QED) is 0.375. The van der Waals surface area contributed by atoms with E-state index in [-0.39, 0.29) is 28.2 Å². The summed E-state index contributed by atoms with van der Waals surface area (Å²) in [4.78, 5) is 26.3. The van der Waals surface area contributed by atoms with Crippen molar-refractivity contribution in [3.8, 4) is 11.8 Å². The van der Waals surface area contributed by atoms with Crippen molar-refractivity contribution in [2.45, 2.75) is 63.2 Å². The molecule has 0 bridgehead atoms. The van der Waals surface area contributed by atoms with Gasteiger partial charge in [-0.3, -0.25) is 9.78 Å². The van der Waals surface area contributed by atoms with Gasteiger partial charge in [0.15, 0.2) is 5.65 Å². The van der Waals surface area contributed by atoms with Gasteiger partial charge in [0.25, 0.3) is 5.56 Å². The van der Waals surface area contributed by atoms with Crippen LogP contribution in [-0.4, -0.2) is 37.0 Å². The van der Waals surface area contributed by atoms with Crippen molar-refractivity contribution in [2.75, 3.05) is 11.9 Å². The Balaban J connectivity index is 1.46. The predicted molar refractivity (Wildman–Crippen MR) is 143 cm³/mol. The highest BCUT2D eigenvalue weighted by molar-refractivity contribution is 5.77. The zero-order valence-electron chi connectivity index (χ0n) is 22.0. The summed E-state index contributed by atoms with van der Waals surface area (Å²) >= 11 is 0. The van der Waals surface area contributed by atoms with Crippen molar-refractivity contribution in [1.29, 1.82) is 5.26 Å². The van der Waals surface area contributed by atoms with Crippen LogP contribution in [0.2, 0.25) is 0 Å². The van der Waals surface area contributed by atoms with Crippen LogP contribution in [0.5, 0.6) is 0 Å². The number of halogens is 3. The van der Waals surface area contributed by atoms with E-state index < -0.39 is 23.7 Å². The number of benzene rings is 1. The van der Waals surface area contributed by atoms with Gasteiger partial charge in [-0.05, 0) is 81.5 Å². The molecule has 2 N–H and O–H groups in total. The largest absolute Gasteiger partial charge is 0.408 e. The first-order valence-electron chi connectivity index (χ1n) is 13.1. The van der Waals surface area contributed by atoms with Crippen molar-refractivity contribution < 1.29 is 13.2 Å². The average Bonchev–Trinajstić information content (AvgIpc) is 3.13. The monoisotopic (exact) mass is 548 g/mol. The highest BCUT2D eigenvalue weighted by Gasteiger charge is 2.41. The lowest BCUT2D eigenvalue weighted by Gasteiger charge is -2.34. The molecule has 1 fully saturated rings. The molecule has 4 heterocycles. The van der Waals surface area contributed by atoms with Gasteiger partial charge in [0.2, 0.25) is 5.95 Å². The van der Waals surface area contributed by atoms with Crippen LogP contribution in [0.15, 0.2) is 47.5 Å². The lowest BCUT2D eigenvalue weighted by atomic mass is 9.67. The van der Waals surface area contributed by atoms with Crippen molar-refractivity contribution >= 4 is 22.7 Å². The van der Waals surface area contributed by atoms with Gasteiger partial charge >= 0.3 is 6.18 Å². The van der Waals surface area contributed by atoms with Crippen molar-refractivity contribution in [3.05, 3.63) is 69.9 Å². The average molecular weight is 549 g/mol. The first-order chi connectivity index (χ1) is 19.0. The van der Waals surface area contributed by atoms with E-state index in [4.69, 9.17) is 0 Å². The topological polar surface area (TPSA) is 113 Å². The predicted octanol–water partition coefficient (Wildman–Crippen LogP) is 4.61. The second kappa shape index (κ2) is 9.16. The fourth-order valence-corrected chi connectivity index (χ4v) is 5.65. The van der Waals surface area contributed by atoms with Crippen LogP contribution in [0.1, 0.15) is 49.9 Å². The molecule has 1 saturated carbocycles. The number of aromatic nitrogens is 5. The molecule has 1 aliphatic carbocycles. The van der Waals surface area contributed by atoms with Gasteiger partial charge in [-0.1, -0.05) is 6.07 Å². The van der Waals surface area contributed by atoms with Gasteiger partial charge in [-0.25, -0.2) is 14.3 Å². The molecule has 0 atom stereocenters. The fourth-order valence-electron chi connectivity index (χ4n) is 5.65. The van der Waals surface area contributed by atoms with E-state index in [9.17, 15) is 23.2 Å². The molecular formula is C28H27F3N8O. The minimum absolute atomic E-state index is 0.0202. The van der Waals surface area contributed by atoms with E-state index in [1.165, 1.54) is 29.6 Å². The molecule has 1 aliphatic heterocycles. The molecule has 0 spiro atoms. The van der Waals surface area contributed by atoms with E-state index >= 15 is 0 Å². The molecule has 1 aromatic carbocycles. The van der Waals surface area contributed by atoms with Crippen LogP contribution in [0, 0.1) is 11.3 Å². The van der Waals surface area contributed by atoms with Crippen LogP contribution < -0.4 is 16.2 Å². The van der Waals surface area contributed by atoms with Crippen LogP contribution in [0.25, 0.3) is 16.7 Å². The zero-order valence-corrected chi connectivity index (χ0v) is 22.0. The van der Waals surface area contributed by atoms with E-state index in [1.807, 2.05) is 18.2 Å². The summed E-state index contributed by atoms with van der Waals surface area (Å²) in [5.74, 6) is 0.139. The Hall–Kier alpha value is -4.24. The van der Waals surface area contributed by atoms with E-state index in [2.05, 4.69) is 45.5 Å². The summed E-state index contributed by atoms with van der Waals surface area (Å²) < 4.78 is 42.6. The summed E-state index contributed by atoms with van der Waals surface area (Å²) in [6, 6.07) is 11.3. The molecule has 4 aromatic rings. The third-order valence-corrected chi connectivity index (χ3v) is 7.90. The van der Waals surface area contributed by atoms with Crippen molar-refractivity contribution in [1.82, 2.24) is 29.6 Å². The Morgan fingerprint density at radius 1 is 1.18 bits per heavy atom. The molecule has 9 nitrogen and oxygen atoms in total. The molecule has 2 aliphatic rings. The number of alkyl halides is 3. The second-order valence-corrected chi connectivity index (χ2v) is 11.0. The second-order valence-electron chi connectivity index (χ2n) is 11.0. The number of anilines is 2. The molecule has 12 heteroatoms. The van der Waals surface area contributed by atoms with Gasteiger partial charge < -0.3 is 10.6 Å². The Labute approximate surface area is 227 Å². The fraction of sp³-hybridized carbons (Fsp3) is 0.393. The standard InChI is InChI=1S/C28H27F3N8O/c1-26(2)21-5-4-18(12-17(21)6-11-35-26)36-25-34-14-20-23(37-25)39(38(24(20)40)16-28(29,30)31)19-7-10-33-22(13-19)27(15-32)8-3-9-27/h4-5,7,10,12-14,35H,3,6,8-9,11,16H2,1-2H3,(H,34,36,37). The zero-order chi connectivity index (χ0) is 28.3. The van der Waals surface area contributed by atoms with Gasteiger partial charge in [-0.2, -0.15) is 23.4 Å². The molecule has 206 valence electrons. The number of nitrogens with one attached hydrogen (secondary N) is 2. The highest BCUT2D eigenvalue weighted by Crippen LogP contribution is 2.42. The summed E-state index contributed by atoms with van der Waals surface area (Å²) in [5.41, 5.74) is 2.03. The third-order valence-electron chi connectivity index (χ3n) is 7.90. The molecule has 0 saturated heterocycles. The summed E-state index contributed by atoms with van der Waals surface area (Å²) in [5, 5.41) is 16.4. The summed E-state index contributed by atoms with van der Waals surface area (Å²) in [6.45, 7) is 3.56. The molecule has 40 heavy (non-hydrogen) atoms. The maximum absolute atomic E-state index is 13.6. The van der Waals surface area contributed by atoms with E-state index in [1.54, 1.807) is 6.07 Å². The van der Waals surface area contributed by atoms with Gasteiger partial charge in [-0.15, -0.1) is 0 Å². The Morgan fingerprint density at radius 3 is 2.67 bits per heavy atom. The molecule has 0 radical (unpaired) electrons. The van der Waals surface area contributed by atoms with Crippen LogP contribution in [0.3, 0.4) is 0 Å². The van der Waals surface area contributed by atoms with Crippen molar-refractivity contribution in [2.24, 2.45) is 0 Å². The Kier molecular flexibility index (Phi) is 5.96. The van der Waals surface area contributed by atoms with Crippen LogP contribution >= 0.6 is 0 Å². The Bertz CT molecular complexity index is 1730. The summed E-state index contributed by atoms with van der Waals surface area (Å²) in [6.07, 6.45) is 0.977. The highest BCUT2D eigenvalue weighted by atomic mass is 19.4. The number of nitriles is 1. The number of fused-ring (bicyclic) bond motifs is 2. The summed E-state index contributed by atoms with van der Waals surface area (Å²) in [7, 11) is 0. The number of rotatable bonds is 5. The number of hydrogen-bond donors (Lipinski definition) is 2. The normalized spacial score (nSPS) is 17.6.